The highest BCUT2D eigenvalue weighted by atomic mass is 16.1. The molecule has 4 rings (SSSR count). The maximum absolute atomic E-state index is 12.9. The Labute approximate surface area is 178 Å². The van der Waals surface area contributed by atoms with E-state index in [2.05, 4.69) is 34.7 Å². The van der Waals surface area contributed by atoms with Crippen LogP contribution in [0, 0.1) is 13.8 Å². The number of piperidine rings is 1. The van der Waals surface area contributed by atoms with Gasteiger partial charge in [-0.2, -0.15) is 5.10 Å². The zero-order valence-electron chi connectivity index (χ0n) is 17.9. The average Bonchev–Trinajstić information content (AvgIpc) is 3.08. The molecule has 0 spiro atoms. The Kier molecular flexibility index (Phi) is 6.29. The lowest BCUT2D eigenvalue weighted by Crippen LogP contribution is -3.11. The van der Waals surface area contributed by atoms with Crippen molar-refractivity contribution < 1.29 is 9.69 Å². The van der Waals surface area contributed by atoms with Crippen molar-refractivity contribution in [2.45, 2.75) is 46.2 Å². The lowest BCUT2D eigenvalue weighted by Gasteiger charge is -2.23. The van der Waals surface area contributed by atoms with E-state index in [1.165, 1.54) is 37.9 Å². The summed E-state index contributed by atoms with van der Waals surface area (Å²) >= 11 is 0. The van der Waals surface area contributed by atoms with Crippen LogP contribution in [0.25, 0.3) is 5.69 Å². The van der Waals surface area contributed by atoms with E-state index in [9.17, 15) is 4.79 Å². The highest BCUT2D eigenvalue weighted by molar-refractivity contribution is 5.96. The largest absolute Gasteiger partial charge is 0.348 e. The molecule has 1 fully saturated rings. The van der Waals surface area contributed by atoms with Crippen molar-refractivity contribution in [3.8, 4) is 5.69 Å². The summed E-state index contributed by atoms with van der Waals surface area (Å²) in [5, 5.41) is 7.64. The quantitative estimate of drug-likeness (QED) is 0.665. The molecule has 2 N–H and O–H groups in total. The van der Waals surface area contributed by atoms with Crippen molar-refractivity contribution in [2.75, 3.05) is 13.1 Å². The molecule has 3 aromatic rings. The molecule has 0 saturated carbocycles. The van der Waals surface area contributed by atoms with Gasteiger partial charge in [0.05, 0.1) is 35.7 Å². The van der Waals surface area contributed by atoms with E-state index in [-0.39, 0.29) is 5.91 Å². The number of nitrogens with one attached hydrogen (secondary N) is 2. The molecule has 1 aliphatic heterocycles. The third-order valence-electron chi connectivity index (χ3n) is 6.01. The number of amides is 1. The SMILES string of the molecule is Cc1nn(-c2ccccc2)c(C)c1C(=O)NCc1ccc(C[NH+]2CCCCC2)cc1. The molecule has 156 valence electrons. The van der Waals surface area contributed by atoms with Crippen LogP contribution in [-0.4, -0.2) is 28.8 Å². The van der Waals surface area contributed by atoms with Crippen molar-refractivity contribution in [1.29, 1.82) is 0 Å². The number of aromatic nitrogens is 2. The first-order valence-electron chi connectivity index (χ1n) is 10.9. The van der Waals surface area contributed by atoms with Crippen LogP contribution < -0.4 is 10.2 Å². The first-order chi connectivity index (χ1) is 14.6. The van der Waals surface area contributed by atoms with Crippen LogP contribution in [0.5, 0.6) is 0 Å². The Balaban J connectivity index is 1.38. The van der Waals surface area contributed by atoms with Crippen molar-refractivity contribution in [3.05, 3.63) is 82.7 Å². The van der Waals surface area contributed by atoms with Gasteiger partial charge in [0.25, 0.3) is 5.91 Å². The topological polar surface area (TPSA) is 51.4 Å². The van der Waals surface area contributed by atoms with Crippen LogP contribution in [0.15, 0.2) is 54.6 Å². The predicted molar refractivity (Wildman–Crippen MR) is 119 cm³/mol. The van der Waals surface area contributed by atoms with E-state index in [0.717, 1.165) is 29.2 Å². The fourth-order valence-electron chi connectivity index (χ4n) is 4.35. The molecule has 1 amide bonds. The zero-order chi connectivity index (χ0) is 20.9. The summed E-state index contributed by atoms with van der Waals surface area (Å²) in [5.74, 6) is -0.0750. The van der Waals surface area contributed by atoms with Gasteiger partial charge in [0.2, 0.25) is 0 Å². The molecule has 2 heterocycles. The number of carbonyl (C=O) groups excluding carboxylic acids is 1. The fourth-order valence-corrected chi connectivity index (χ4v) is 4.35. The van der Waals surface area contributed by atoms with Gasteiger partial charge >= 0.3 is 0 Å². The van der Waals surface area contributed by atoms with Gasteiger partial charge in [0.15, 0.2) is 0 Å². The number of quaternary nitrogens is 1. The van der Waals surface area contributed by atoms with Crippen LogP contribution in [0.2, 0.25) is 0 Å². The molecule has 1 saturated heterocycles. The first-order valence-corrected chi connectivity index (χ1v) is 10.9. The molecule has 30 heavy (non-hydrogen) atoms. The first kappa shape index (κ1) is 20.4. The van der Waals surface area contributed by atoms with Gasteiger partial charge in [-0.05, 0) is 50.8 Å². The van der Waals surface area contributed by atoms with Crippen molar-refractivity contribution in [3.63, 3.8) is 0 Å². The monoisotopic (exact) mass is 403 g/mol. The van der Waals surface area contributed by atoms with Gasteiger partial charge in [0, 0.05) is 12.1 Å². The second kappa shape index (κ2) is 9.26. The Hall–Kier alpha value is -2.92. The number of para-hydroxylation sites is 1. The number of benzene rings is 2. The number of hydrogen-bond donors (Lipinski definition) is 2. The van der Waals surface area contributed by atoms with Crippen molar-refractivity contribution in [2.24, 2.45) is 0 Å². The summed E-state index contributed by atoms with van der Waals surface area (Å²) in [6.45, 7) is 8.02. The van der Waals surface area contributed by atoms with E-state index < -0.39 is 0 Å². The number of likely N-dealkylation sites (tertiary alicyclic amines) is 1. The van der Waals surface area contributed by atoms with E-state index in [4.69, 9.17) is 0 Å². The van der Waals surface area contributed by atoms with Gasteiger partial charge in [-0.15, -0.1) is 0 Å². The standard InChI is InChI=1S/C25H30N4O/c1-19-24(20(2)29(27-19)23-9-5-3-6-10-23)25(30)26-17-21-11-13-22(14-12-21)18-28-15-7-4-8-16-28/h3,5-6,9-14H,4,7-8,15-18H2,1-2H3,(H,26,30)/p+1. The summed E-state index contributed by atoms with van der Waals surface area (Å²) in [7, 11) is 0. The third kappa shape index (κ3) is 4.62. The molecule has 0 radical (unpaired) electrons. The summed E-state index contributed by atoms with van der Waals surface area (Å²) in [6.07, 6.45) is 4.07. The minimum atomic E-state index is -0.0750. The summed E-state index contributed by atoms with van der Waals surface area (Å²) in [4.78, 5) is 14.6. The van der Waals surface area contributed by atoms with Gasteiger partial charge in [-0.3, -0.25) is 4.79 Å². The maximum atomic E-state index is 12.9. The Morgan fingerprint density at radius 3 is 2.33 bits per heavy atom. The lowest BCUT2D eigenvalue weighted by molar-refractivity contribution is -0.918. The Morgan fingerprint density at radius 1 is 0.967 bits per heavy atom. The smallest absolute Gasteiger partial charge is 0.255 e. The van der Waals surface area contributed by atoms with E-state index in [0.29, 0.717) is 12.1 Å². The number of rotatable bonds is 6. The van der Waals surface area contributed by atoms with Gasteiger partial charge in [-0.25, -0.2) is 4.68 Å². The van der Waals surface area contributed by atoms with Crippen LogP contribution in [0.4, 0.5) is 0 Å². The van der Waals surface area contributed by atoms with E-state index in [1.807, 2.05) is 48.9 Å². The van der Waals surface area contributed by atoms with Crippen LogP contribution in [-0.2, 0) is 13.1 Å². The van der Waals surface area contributed by atoms with Crippen LogP contribution in [0.3, 0.4) is 0 Å². The number of hydrogen-bond acceptors (Lipinski definition) is 2. The molecule has 0 atom stereocenters. The Bertz CT molecular complexity index is 986. The predicted octanol–water partition coefficient (Wildman–Crippen LogP) is 2.99. The second-order valence-electron chi connectivity index (χ2n) is 8.28. The van der Waals surface area contributed by atoms with Crippen LogP contribution >= 0.6 is 0 Å². The van der Waals surface area contributed by atoms with Gasteiger partial charge in [0.1, 0.15) is 6.54 Å². The summed E-state index contributed by atoms with van der Waals surface area (Å²) in [6, 6.07) is 18.6. The normalized spacial score (nSPS) is 14.6. The molecule has 0 bridgehead atoms. The molecular weight excluding hydrogens is 372 g/mol. The fraction of sp³-hybridized carbons (Fsp3) is 0.360. The molecule has 2 aromatic carbocycles. The van der Waals surface area contributed by atoms with Gasteiger partial charge < -0.3 is 10.2 Å². The van der Waals surface area contributed by atoms with Crippen LogP contribution in [0.1, 0.15) is 52.1 Å². The molecule has 1 aromatic heterocycles. The maximum Gasteiger partial charge on any atom is 0.255 e. The van der Waals surface area contributed by atoms with E-state index >= 15 is 0 Å². The molecular formula is C25H31N4O+. The van der Waals surface area contributed by atoms with Crippen molar-refractivity contribution >= 4 is 5.91 Å². The molecule has 5 nitrogen and oxygen atoms in total. The number of carbonyl (C=O) groups is 1. The lowest BCUT2D eigenvalue weighted by atomic mass is 10.1. The van der Waals surface area contributed by atoms with E-state index in [1.54, 1.807) is 4.90 Å². The van der Waals surface area contributed by atoms with Gasteiger partial charge in [-0.1, -0.05) is 42.5 Å². The molecule has 0 unspecified atom stereocenters. The average molecular weight is 404 g/mol. The number of aryl methyl sites for hydroxylation is 1. The highest BCUT2D eigenvalue weighted by Crippen LogP contribution is 2.18. The zero-order valence-corrected chi connectivity index (χ0v) is 17.9. The molecule has 0 aliphatic carbocycles. The summed E-state index contributed by atoms with van der Waals surface area (Å²) in [5.41, 5.74) is 5.71. The number of nitrogens with zero attached hydrogens (tertiary/aromatic N) is 2. The summed E-state index contributed by atoms with van der Waals surface area (Å²) < 4.78 is 1.84. The minimum Gasteiger partial charge on any atom is -0.348 e. The molecule has 5 heteroatoms. The second-order valence-corrected chi connectivity index (χ2v) is 8.28. The minimum absolute atomic E-state index is 0.0750. The molecule has 1 aliphatic rings. The Morgan fingerprint density at radius 2 is 1.63 bits per heavy atom. The third-order valence-corrected chi connectivity index (χ3v) is 6.01. The highest BCUT2D eigenvalue weighted by Gasteiger charge is 2.19. The van der Waals surface area contributed by atoms with Crippen molar-refractivity contribution in [1.82, 2.24) is 15.1 Å².